The molecular weight excluding hydrogens is 200 g/mol. The normalized spacial score (nSPS) is 16.6. The van der Waals surface area contributed by atoms with Crippen LogP contribution in [0.2, 0.25) is 0 Å². The van der Waals surface area contributed by atoms with E-state index in [-0.39, 0.29) is 0 Å². The standard InChI is InChI=1S/C12H16N4/c1-8-7-14-16-11(13)6-10(15-12(8)16)5-9-3-2-4-9/h6-7,9H,2-5,13H2,1H3. The summed E-state index contributed by atoms with van der Waals surface area (Å²) in [4.78, 5) is 4.64. The maximum absolute atomic E-state index is 5.97. The van der Waals surface area contributed by atoms with Crippen molar-refractivity contribution in [1.82, 2.24) is 14.6 Å². The number of nitrogens with two attached hydrogens (primary N) is 1. The number of anilines is 1. The Morgan fingerprint density at radius 3 is 3.00 bits per heavy atom. The molecule has 0 aliphatic heterocycles. The van der Waals surface area contributed by atoms with Crippen LogP contribution in [0.5, 0.6) is 0 Å². The Labute approximate surface area is 94.5 Å². The fourth-order valence-corrected chi connectivity index (χ4v) is 2.25. The molecule has 2 aromatic rings. The van der Waals surface area contributed by atoms with Crippen molar-refractivity contribution < 1.29 is 0 Å². The number of nitrogen functional groups attached to an aromatic ring is 1. The summed E-state index contributed by atoms with van der Waals surface area (Å²) in [6.07, 6.45) is 6.92. The molecule has 0 radical (unpaired) electrons. The zero-order valence-corrected chi connectivity index (χ0v) is 9.48. The van der Waals surface area contributed by atoms with Crippen molar-refractivity contribution in [2.75, 3.05) is 5.73 Å². The molecule has 0 saturated heterocycles. The Kier molecular flexibility index (Phi) is 2.09. The molecule has 2 aromatic heterocycles. The van der Waals surface area contributed by atoms with Crippen molar-refractivity contribution in [3.63, 3.8) is 0 Å². The number of nitrogens with zero attached hydrogens (tertiary/aromatic N) is 3. The number of hydrogen-bond acceptors (Lipinski definition) is 3. The van der Waals surface area contributed by atoms with E-state index >= 15 is 0 Å². The lowest BCUT2D eigenvalue weighted by Gasteiger charge is -2.24. The van der Waals surface area contributed by atoms with E-state index in [2.05, 4.69) is 10.1 Å². The van der Waals surface area contributed by atoms with Crippen LogP contribution in [0.15, 0.2) is 12.3 Å². The summed E-state index contributed by atoms with van der Waals surface area (Å²) in [6, 6.07) is 1.96. The van der Waals surface area contributed by atoms with Crippen LogP contribution in [0.4, 0.5) is 5.82 Å². The van der Waals surface area contributed by atoms with Crippen LogP contribution >= 0.6 is 0 Å². The molecule has 1 aliphatic carbocycles. The Balaban J connectivity index is 2.01. The Bertz CT molecular complexity index is 525. The first kappa shape index (κ1) is 9.63. The van der Waals surface area contributed by atoms with Crippen LogP contribution in [0.1, 0.15) is 30.5 Å². The summed E-state index contributed by atoms with van der Waals surface area (Å²) in [5.41, 5.74) is 9.06. The van der Waals surface area contributed by atoms with Gasteiger partial charge in [-0.3, -0.25) is 0 Å². The summed E-state index contributed by atoms with van der Waals surface area (Å²) in [5, 5.41) is 4.20. The van der Waals surface area contributed by atoms with E-state index in [4.69, 9.17) is 5.73 Å². The highest BCUT2D eigenvalue weighted by Crippen LogP contribution is 2.29. The van der Waals surface area contributed by atoms with Gasteiger partial charge in [-0.05, 0) is 19.3 Å². The van der Waals surface area contributed by atoms with Crippen LogP contribution < -0.4 is 5.73 Å². The molecule has 16 heavy (non-hydrogen) atoms. The molecule has 84 valence electrons. The number of hydrogen-bond donors (Lipinski definition) is 1. The Morgan fingerprint density at radius 1 is 1.50 bits per heavy atom. The maximum atomic E-state index is 5.97. The maximum Gasteiger partial charge on any atom is 0.160 e. The van der Waals surface area contributed by atoms with E-state index in [1.807, 2.05) is 19.2 Å². The minimum atomic E-state index is 0.687. The lowest BCUT2D eigenvalue weighted by Crippen LogP contribution is -2.15. The molecule has 0 spiro atoms. The minimum absolute atomic E-state index is 0.687. The number of fused-ring (bicyclic) bond motifs is 1. The van der Waals surface area contributed by atoms with Crippen LogP contribution in [0.25, 0.3) is 5.65 Å². The molecule has 0 aromatic carbocycles. The minimum Gasteiger partial charge on any atom is -0.384 e. The van der Waals surface area contributed by atoms with Crippen LogP contribution in [-0.4, -0.2) is 14.6 Å². The van der Waals surface area contributed by atoms with Gasteiger partial charge in [-0.1, -0.05) is 19.3 Å². The highest BCUT2D eigenvalue weighted by atomic mass is 15.3. The lowest BCUT2D eigenvalue weighted by atomic mass is 9.82. The molecule has 4 heteroatoms. The largest absolute Gasteiger partial charge is 0.384 e. The van der Waals surface area contributed by atoms with Crippen LogP contribution in [-0.2, 0) is 6.42 Å². The van der Waals surface area contributed by atoms with Gasteiger partial charge in [0.15, 0.2) is 5.65 Å². The van der Waals surface area contributed by atoms with E-state index in [0.717, 1.165) is 29.2 Å². The van der Waals surface area contributed by atoms with Gasteiger partial charge in [0.05, 0.1) is 6.20 Å². The predicted molar refractivity (Wildman–Crippen MR) is 63.2 cm³/mol. The van der Waals surface area contributed by atoms with Crippen molar-refractivity contribution in [2.45, 2.75) is 32.6 Å². The SMILES string of the molecule is Cc1cnn2c(N)cc(CC3CCC3)nc12. The second kappa shape index (κ2) is 3.47. The van der Waals surface area contributed by atoms with Crippen molar-refractivity contribution in [2.24, 2.45) is 5.92 Å². The second-order valence-corrected chi connectivity index (χ2v) is 4.74. The molecule has 1 fully saturated rings. The van der Waals surface area contributed by atoms with Crippen molar-refractivity contribution >= 4 is 11.5 Å². The van der Waals surface area contributed by atoms with Gasteiger partial charge < -0.3 is 5.73 Å². The highest BCUT2D eigenvalue weighted by Gasteiger charge is 2.19. The average molecular weight is 216 g/mol. The monoisotopic (exact) mass is 216 g/mol. The first-order valence-corrected chi connectivity index (χ1v) is 5.84. The molecule has 2 heterocycles. The summed E-state index contributed by atoms with van der Waals surface area (Å²) in [7, 11) is 0. The van der Waals surface area contributed by atoms with Gasteiger partial charge in [0.1, 0.15) is 5.82 Å². The van der Waals surface area contributed by atoms with Gasteiger partial charge in [-0.2, -0.15) is 9.61 Å². The summed E-state index contributed by atoms with van der Waals surface area (Å²) >= 11 is 0. The van der Waals surface area contributed by atoms with Gasteiger partial charge in [0.2, 0.25) is 0 Å². The zero-order chi connectivity index (χ0) is 11.1. The molecule has 0 bridgehead atoms. The third kappa shape index (κ3) is 1.45. The van der Waals surface area contributed by atoms with E-state index in [1.165, 1.54) is 19.3 Å². The third-order valence-corrected chi connectivity index (χ3v) is 3.45. The van der Waals surface area contributed by atoms with E-state index in [9.17, 15) is 0 Å². The smallest absolute Gasteiger partial charge is 0.160 e. The fourth-order valence-electron chi connectivity index (χ4n) is 2.25. The predicted octanol–water partition coefficient (Wildman–Crippen LogP) is 1.96. The molecule has 0 amide bonds. The molecule has 2 N–H and O–H groups in total. The molecule has 1 aliphatic rings. The van der Waals surface area contributed by atoms with Gasteiger partial charge in [0.25, 0.3) is 0 Å². The Morgan fingerprint density at radius 2 is 2.31 bits per heavy atom. The lowest BCUT2D eigenvalue weighted by molar-refractivity contribution is 0.312. The van der Waals surface area contributed by atoms with E-state index < -0.39 is 0 Å². The molecular formula is C12H16N4. The van der Waals surface area contributed by atoms with Gasteiger partial charge in [-0.25, -0.2) is 4.98 Å². The third-order valence-electron chi connectivity index (χ3n) is 3.45. The van der Waals surface area contributed by atoms with Gasteiger partial charge in [-0.15, -0.1) is 0 Å². The average Bonchev–Trinajstić information content (AvgIpc) is 2.55. The molecule has 0 unspecified atom stereocenters. The van der Waals surface area contributed by atoms with Gasteiger partial charge >= 0.3 is 0 Å². The quantitative estimate of drug-likeness (QED) is 0.834. The molecule has 4 nitrogen and oxygen atoms in total. The first-order chi connectivity index (χ1) is 7.74. The summed E-state index contributed by atoms with van der Waals surface area (Å²) in [5.74, 6) is 1.50. The van der Waals surface area contributed by atoms with Crippen molar-refractivity contribution in [3.8, 4) is 0 Å². The number of rotatable bonds is 2. The number of aromatic nitrogens is 3. The molecule has 1 saturated carbocycles. The second-order valence-electron chi connectivity index (χ2n) is 4.74. The van der Waals surface area contributed by atoms with Crippen molar-refractivity contribution in [1.29, 1.82) is 0 Å². The van der Waals surface area contributed by atoms with Gasteiger partial charge in [0, 0.05) is 17.3 Å². The molecule has 3 rings (SSSR count). The first-order valence-electron chi connectivity index (χ1n) is 5.84. The van der Waals surface area contributed by atoms with E-state index in [0.29, 0.717) is 5.82 Å². The topological polar surface area (TPSA) is 56.2 Å². The van der Waals surface area contributed by atoms with Crippen molar-refractivity contribution in [3.05, 3.63) is 23.5 Å². The van der Waals surface area contributed by atoms with E-state index in [1.54, 1.807) is 4.52 Å². The zero-order valence-electron chi connectivity index (χ0n) is 9.48. The summed E-state index contributed by atoms with van der Waals surface area (Å²) < 4.78 is 1.71. The number of aryl methyl sites for hydroxylation is 1. The Hall–Kier alpha value is -1.58. The fraction of sp³-hybridized carbons (Fsp3) is 0.500. The van der Waals surface area contributed by atoms with Crippen LogP contribution in [0.3, 0.4) is 0 Å². The summed E-state index contributed by atoms with van der Waals surface area (Å²) in [6.45, 7) is 2.02. The highest BCUT2D eigenvalue weighted by molar-refractivity contribution is 5.52. The van der Waals surface area contributed by atoms with Crippen LogP contribution in [0, 0.1) is 12.8 Å². The molecule has 0 atom stereocenters.